The average Bonchev–Trinajstić information content (AvgIpc) is 3.02. The zero-order valence-corrected chi connectivity index (χ0v) is 15.4. The van der Waals surface area contributed by atoms with Gasteiger partial charge < -0.3 is 9.67 Å². The maximum absolute atomic E-state index is 14.0. The summed E-state index contributed by atoms with van der Waals surface area (Å²) < 4.78 is 16.0. The van der Waals surface area contributed by atoms with Gasteiger partial charge in [0.15, 0.2) is 0 Å². The van der Waals surface area contributed by atoms with Crippen LogP contribution in [0.1, 0.15) is 28.2 Å². The number of halogens is 1. The zero-order valence-electron chi connectivity index (χ0n) is 15.4. The number of aromatic hydroxyl groups is 1. The molecule has 0 amide bonds. The Morgan fingerprint density at radius 2 is 2.00 bits per heavy atom. The van der Waals surface area contributed by atoms with Crippen molar-refractivity contribution in [1.82, 2.24) is 9.55 Å². The third-order valence-electron chi connectivity index (χ3n) is 4.96. The summed E-state index contributed by atoms with van der Waals surface area (Å²) in [5.74, 6) is 0.560. The van der Waals surface area contributed by atoms with Gasteiger partial charge in [0.2, 0.25) is 0 Å². The summed E-state index contributed by atoms with van der Waals surface area (Å²) in [6, 6.07) is 17.9. The highest BCUT2D eigenvalue weighted by Crippen LogP contribution is 2.26. The fraction of sp³-hybridized carbons (Fsp3) is 0.130. The van der Waals surface area contributed by atoms with E-state index in [4.69, 9.17) is 5.26 Å². The first-order valence-electron chi connectivity index (χ1n) is 8.95. The highest BCUT2D eigenvalue weighted by molar-refractivity contribution is 5.87. The molecule has 0 saturated heterocycles. The van der Waals surface area contributed by atoms with E-state index in [2.05, 4.69) is 4.98 Å². The van der Waals surface area contributed by atoms with Crippen LogP contribution in [0.5, 0.6) is 5.75 Å². The van der Waals surface area contributed by atoms with Crippen LogP contribution >= 0.6 is 0 Å². The lowest BCUT2D eigenvalue weighted by molar-refractivity contribution is 0.476. The molecule has 28 heavy (non-hydrogen) atoms. The van der Waals surface area contributed by atoms with Gasteiger partial charge in [-0.25, -0.2) is 9.37 Å². The average molecular weight is 371 g/mol. The van der Waals surface area contributed by atoms with Crippen molar-refractivity contribution < 1.29 is 9.50 Å². The quantitative estimate of drug-likeness (QED) is 0.566. The smallest absolute Gasteiger partial charge is 0.141 e. The molecule has 5 heteroatoms. The largest absolute Gasteiger partial charge is 0.508 e. The second-order valence-electron chi connectivity index (χ2n) is 6.81. The Hall–Kier alpha value is -3.65. The molecule has 0 aliphatic rings. The molecule has 4 rings (SSSR count). The highest BCUT2D eigenvalue weighted by Gasteiger charge is 2.12. The van der Waals surface area contributed by atoms with Gasteiger partial charge in [0.25, 0.3) is 0 Å². The van der Waals surface area contributed by atoms with Gasteiger partial charge >= 0.3 is 0 Å². The Morgan fingerprint density at radius 3 is 2.79 bits per heavy atom. The van der Waals surface area contributed by atoms with Gasteiger partial charge in [0.1, 0.15) is 23.5 Å². The van der Waals surface area contributed by atoms with Crippen molar-refractivity contribution in [3.05, 3.63) is 94.8 Å². The van der Waals surface area contributed by atoms with Crippen molar-refractivity contribution in [2.24, 2.45) is 0 Å². The summed E-state index contributed by atoms with van der Waals surface area (Å²) in [5, 5.41) is 20.8. The molecule has 1 N–H and O–H groups in total. The molecule has 0 unspecified atom stereocenters. The minimum atomic E-state index is -0.510. The molecule has 0 saturated carbocycles. The van der Waals surface area contributed by atoms with Crippen LogP contribution in [0.3, 0.4) is 0 Å². The first-order chi connectivity index (χ1) is 13.5. The van der Waals surface area contributed by atoms with E-state index in [-0.39, 0.29) is 11.3 Å². The van der Waals surface area contributed by atoms with E-state index in [9.17, 15) is 9.50 Å². The Labute approximate surface area is 162 Å². The van der Waals surface area contributed by atoms with Crippen LogP contribution in [0.4, 0.5) is 4.39 Å². The van der Waals surface area contributed by atoms with Gasteiger partial charge in [-0.1, -0.05) is 30.3 Å². The molecule has 0 bridgehead atoms. The second-order valence-corrected chi connectivity index (χ2v) is 6.81. The minimum absolute atomic E-state index is 0.0434. The van der Waals surface area contributed by atoms with Crippen LogP contribution in [0, 0.1) is 24.1 Å². The molecule has 0 radical (unpaired) electrons. The third kappa shape index (κ3) is 3.33. The molecule has 0 aliphatic carbocycles. The summed E-state index contributed by atoms with van der Waals surface area (Å²) in [4.78, 5) is 4.43. The second kappa shape index (κ2) is 7.16. The zero-order chi connectivity index (χ0) is 19.7. The van der Waals surface area contributed by atoms with Gasteiger partial charge in [-0.2, -0.15) is 5.26 Å². The summed E-state index contributed by atoms with van der Waals surface area (Å²) in [7, 11) is 0. The number of nitriles is 1. The summed E-state index contributed by atoms with van der Waals surface area (Å²) in [6.45, 7) is 2.39. The Balaban J connectivity index is 1.69. The van der Waals surface area contributed by atoms with Crippen molar-refractivity contribution in [3.8, 4) is 11.8 Å². The van der Waals surface area contributed by atoms with Gasteiger partial charge in [-0.05, 0) is 53.1 Å². The third-order valence-corrected chi connectivity index (χ3v) is 4.96. The van der Waals surface area contributed by atoms with Gasteiger partial charge in [0, 0.05) is 24.9 Å². The molecule has 4 aromatic rings. The first kappa shape index (κ1) is 17.7. The maximum atomic E-state index is 14.0. The fourth-order valence-corrected chi connectivity index (χ4v) is 3.48. The van der Waals surface area contributed by atoms with Gasteiger partial charge in [-0.15, -0.1) is 0 Å². The molecule has 3 aromatic carbocycles. The molecule has 138 valence electrons. The monoisotopic (exact) mass is 371 g/mol. The number of aromatic nitrogens is 2. The first-order valence-corrected chi connectivity index (χ1v) is 8.95. The van der Waals surface area contributed by atoms with Crippen molar-refractivity contribution in [2.75, 3.05) is 0 Å². The van der Waals surface area contributed by atoms with Crippen LogP contribution in [0.15, 0.2) is 60.8 Å². The summed E-state index contributed by atoms with van der Waals surface area (Å²) >= 11 is 0. The number of fused-ring (bicyclic) bond motifs is 1. The number of phenolic OH excluding ortho intramolecular Hbond substituents is 1. The summed E-state index contributed by atoms with van der Waals surface area (Å²) in [6.07, 6.45) is 2.47. The molecular weight excluding hydrogens is 353 g/mol. The van der Waals surface area contributed by atoms with E-state index >= 15 is 0 Å². The predicted molar refractivity (Wildman–Crippen MR) is 106 cm³/mol. The Kier molecular flexibility index (Phi) is 4.54. The van der Waals surface area contributed by atoms with E-state index < -0.39 is 5.82 Å². The van der Waals surface area contributed by atoms with E-state index in [1.165, 1.54) is 12.1 Å². The minimum Gasteiger partial charge on any atom is -0.508 e. The lowest BCUT2D eigenvalue weighted by Gasteiger charge is -2.12. The van der Waals surface area contributed by atoms with Crippen molar-refractivity contribution in [1.29, 1.82) is 5.26 Å². The molecule has 0 fully saturated rings. The maximum Gasteiger partial charge on any atom is 0.141 e. The lowest BCUT2D eigenvalue weighted by Crippen LogP contribution is -2.07. The molecule has 0 atom stereocenters. The molecule has 1 aromatic heterocycles. The topological polar surface area (TPSA) is 61.8 Å². The van der Waals surface area contributed by atoms with Crippen LogP contribution < -0.4 is 0 Å². The SMILES string of the molecule is Cc1ncc(Cc2cccc3ccc(O)cc23)n1Cc1ccc(C#N)c(F)c1. The summed E-state index contributed by atoms with van der Waals surface area (Å²) in [5.41, 5.74) is 2.90. The lowest BCUT2D eigenvalue weighted by atomic mass is 10.0. The number of phenols is 1. The van der Waals surface area contributed by atoms with E-state index in [0.29, 0.717) is 13.0 Å². The highest BCUT2D eigenvalue weighted by atomic mass is 19.1. The van der Waals surface area contributed by atoms with Crippen molar-refractivity contribution in [3.63, 3.8) is 0 Å². The van der Waals surface area contributed by atoms with Gasteiger partial charge in [0.05, 0.1) is 5.56 Å². The van der Waals surface area contributed by atoms with E-state index in [1.807, 2.05) is 48.0 Å². The fourth-order valence-electron chi connectivity index (χ4n) is 3.48. The van der Waals surface area contributed by atoms with Crippen LogP contribution in [-0.4, -0.2) is 14.7 Å². The number of imidazole rings is 1. The number of hydrogen-bond donors (Lipinski definition) is 1. The molecule has 4 nitrogen and oxygen atoms in total. The number of rotatable bonds is 4. The molecular formula is C23H18FN3O. The van der Waals surface area contributed by atoms with Crippen LogP contribution in [0.25, 0.3) is 10.8 Å². The standard InChI is InChI=1S/C23H18FN3O/c1-15-26-13-20(27(15)14-16-5-6-19(12-25)23(24)9-16)10-18-4-2-3-17-7-8-21(28)11-22(17)18/h2-9,11,13,28H,10,14H2,1H3. The normalized spacial score (nSPS) is 10.9. The van der Waals surface area contributed by atoms with Crippen molar-refractivity contribution >= 4 is 10.8 Å². The molecule has 1 heterocycles. The number of nitrogens with zero attached hydrogens (tertiary/aromatic N) is 3. The Bertz CT molecular complexity index is 1220. The number of benzene rings is 3. The van der Waals surface area contributed by atoms with E-state index in [1.54, 1.807) is 18.2 Å². The van der Waals surface area contributed by atoms with Crippen molar-refractivity contribution in [2.45, 2.75) is 19.9 Å². The van der Waals surface area contributed by atoms with Crippen LogP contribution in [-0.2, 0) is 13.0 Å². The Morgan fingerprint density at radius 1 is 1.14 bits per heavy atom. The van der Waals surface area contributed by atoms with Gasteiger partial charge in [-0.3, -0.25) is 0 Å². The predicted octanol–water partition coefficient (Wildman–Crippen LogP) is 4.70. The number of aryl methyl sites for hydroxylation is 1. The van der Waals surface area contributed by atoms with Crippen LogP contribution in [0.2, 0.25) is 0 Å². The molecule has 0 aliphatic heterocycles. The van der Waals surface area contributed by atoms with E-state index in [0.717, 1.165) is 33.4 Å². The number of hydrogen-bond acceptors (Lipinski definition) is 3. The molecule has 0 spiro atoms.